The molecule has 8 nitrogen and oxygen atoms in total. The number of aryl methyl sites for hydroxylation is 1. The number of aromatic nitrogens is 4. The molecule has 0 radical (unpaired) electrons. The fraction of sp³-hybridized carbons (Fsp3) is 0.444. The summed E-state index contributed by atoms with van der Waals surface area (Å²) in [6.45, 7) is 3.12. The van der Waals surface area contributed by atoms with E-state index in [0.29, 0.717) is 26.2 Å². The summed E-state index contributed by atoms with van der Waals surface area (Å²) in [5, 5.41) is 7.28. The van der Waals surface area contributed by atoms with Gasteiger partial charge < -0.3 is 14.5 Å². The van der Waals surface area contributed by atoms with E-state index in [9.17, 15) is 4.79 Å². The van der Waals surface area contributed by atoms with Crippen LogP contribution in [-0.4, -0.2) is 62.9 Å². The van der Waals surface area contributed by atoms with E-state index in [4.69, 9.17) is 4.74 Å². The van der Waals surface area contributed by atoms with E-state index in [0.717, 1.165) is 29.8 Å². The summed E-state index contributed by atoms with van der Waals surface area (Å²) in [6.07, 6.45) is 3.78. The van der Waals surface area contributed by atoms with Crippen molar-refractivity contribution >= 4 is 34.1 Å². The first kappa shape index (κ1) is 16.6. The molecule has 0 spiro atoms. The molecule has 0 N–H and O–H groups in total. The van der Waals surface area contributed by atoms with E-state index in [1.807, 2.05) is 11.9 Å². The first-order valence-corrected chi connectivity index (χ1v) is 9.92. The predicted octanol–water partition coefficient (Wildman–Crippen LogP) is 1.21. The lowest BCUT2D eigenvalue weighted by Gasteiger charge is -2.36. The molecule has 0 aromatic carbocycles. The van der Waals surface area contributed by atoms with Gasteiger partial charge in [-0.15, -0.1) is 11.3 Å². The molecule has 1 atom stereocenters. The van der Waals surface area contributed by atoms with E-state index in [1.165, 1.54) is 10.4 Å². The monoisotopic (exact) mass is 384 g/mol. The van der Waals surface area contributed by atoms with Crippen molar-refractivity contribution in [1.82, 2.24) is 24.6 Å². The van der Waals surface area contributed by atoms with Crippen molar-refractivity contribution in [2.75, 3.05) is 31.1 Å². The highest BCUT2D eigenvalue weighted by Gasteiger charge is 2.33. The number of fused-ring (bicyclic) bond motifs is 2. The number of carbonyl (C=O) groups is 1. The summed E-state index contributed by atoms with van der Waals surface area (Å²) < 4.78 is 7.57. The molecule has 0 bridgehead atoms. The zero-order valence-electron chi connectivity index (χ0n) is 15.0. The summed E-state index contributed by atoms with van der Waals surface area (Å²) in [5.41, 5.74) is 2.05. The second kappa shape index (κ2) is 6.58. The van der Waals surface area contributed by atoms with Crippen LogP contribution in [0.2, 0.25) is 0 Å². The van der Waals surface area contributed by atoms with E-state index in [-0.39, 0.29) is 5.91 Å². The number of carbonyl (C=O) groups excluding carboxylic acids is 1. The molecular weight excluding hydrogens is 364 g/mol. The van der Waals surface area contributed by atoms with Gasteiger partial charge in [-0.2, -0.15) is 5.10 Å². The van der Waals surface area contributed by atoms with Gasteiger partial charge in [-0.05, 0) is 23.4 Å². The number of anilines is 1. The van der Waals surface area contributed by atoms with Crippen LogP contribution in [0.5, 0.6) is 0 Å². The lowest BCUT2D eigenvalue weighted by Crippen LogP contribution is -2.52. The highest BCUT2D eigenvalue weighted by molar-refractivity contribution is 7.10. The van der Waals surface area contributed by atoms with Crippen LogP contribution < -0.4 is 4.90 Å². The van der Waals surface area contributed by atoms with Gasteiger partial charge in [-0.25, -0.2) is 9.97 Å². The Balaban J connectivity index is 1.35. The third kappa shape index (κ3) is 2.87. The Bertz CT molecular complexity index is 999. The van der Waals surface area contributed by atoms with Crippen molar-refractivity contribution < 1.29 is 9.53 Å². The number of morpholine rings is 1. The van der Waals surface area contributed by atoms with Crippen molar-refractivity contribution in [2.45, 2.75) is 19.1 Å². The van der Waals surface area contributed by atoms with Crippen LogP contribution in [0.1, 0.15) is 10.4 Å². The number of hydrogen-bond donors (Lipinski definition) is 0. The Morgan fingerprint density at radius 1 is 1.33 bits per heavy atom. The molecule has 2 aliphatic heterocycles. The van der Waals surface area contributed by atoms with Crippen molar-refractivity contribution in [2.24, 2.45) is 7.05 Å². The molecule has 5 rings (SSSR count). The van der Waals surface area contributed by atoms with Gasteiger partial charge in [-0.3, -0.25) is 9.48 Å². The van der Waals surface area contributed by atoms with Crippen molar-refractivity contribution in [3.63, 3.8) is 0 Å². The van der Waals surface area contributed by atoms with Gasteiger partial charge in [0.05, 0.1) is 24.7 Å². The SMILES string of the molecule is Cn1ncc2c(N3CCOC(C(=O)N4CCc5sccc5C4)C3)ncnc21. The Labute approximate surface area is 160 Å². The predicted molar refractivity (Wildman–Crippen MR) is 102 cm³/mol. The summed E-state index contributed by atoms with van der Waals surface area (Å²) in [6, 6.07) is 2.12. The molecule has 1 saturated heterocycles. The van der Waals surface area contributed by atoms with Crippen LogP contribution in [0.15, 0.2) is 24.0 Å². The van der Waals surface area contributed by atoms with Gasteiger partial charge in [0.25, 0.3) is 5.91 Å². The van der Waals surface area contributed by atoms with Crippen LogP contribution in [0.3, 0.4) is 0 Å². The maximum atomic E-state index is 13.1. The maximum Gasteiger partial charge on any atom is 0.253 e. The minimum Gasteiger partial charge on any atom is -0.365 e. The standard InChI is InChI=1S/C18H20N6O2S/c1-22-16-13(8-21-22)17(20-11-19-16)23-5-6-26-14(10-23)18(25)24-4-2-15-12(9-24)3-7-27-15/h3,7-8,11,14H,2,4-6,9-10H2,1H3. The van der Waals surface area contributed by atoms with Crippen LogP contribution in [0.25, 0.3) is 11.0 Å². The van der Waals surface area contributed by atoms with E-state index < -0.39 is 6.10 Å². The number of amides is 1. The smallest absolute Gasteiger partial charge is 0.253 e. The molecular formula is C18H20N6O2S. The second-order valence-corrected chi connectivity index (χ2v) is 7.89. The van der Waals surface area contributed by atoms with Crippen LogP contribution in [0, 0.1) is 0 Å². The Morgan fingerprint density at radius 2 is 2.26 bits per heavy atom. The van der Waals surface area contributed by atoms with Gasteiger partial charge in [0.1, 0.15) is 12.1 Å². The largest absolute Gasteiger partial charge is 0.365 e. The molecule has 1 unspecified atom stereocenters. The summed E-state index contributed by atoms with van der Waals surface area (Å²) in [4.78, 5) is 27.2. The number of thiophene rings is 1. The average Bonchev–Trinajstić information content (AvgIpc) is 3.33. The van der Waals surface area contributed by atoms with Gasteiger partial charge in [0.15, 0.2) is 11.8 Å². The van der Waals surface area contributed by atoms with Crippen LogP contribution in [-0.2, 0) is 29.5 Å². The highest BCUT2D eigenvalue weighted by Crippen LogP contribution is 2.27. The highest BCUT2D eigenvalue weighted by atomic mass is 32.1. The normalized spacial score (nSPS) is 20.1. The second-order valence-electron chi connectivity index (χ2n) is 6.89. The number of ether oxygens (including phenoxy) is 1. The zero-order chi connectivity index (χ0) is 18.4. The Hall–Kier alpha value is -2.52. The topological polar surface area (TPSA) is 76.4 Å². The Kier molecular flexibility index (Phi) is 4.05. The first-order chi connectivity index (χ1) is 13.2. The molecule has 5 heterocycles. The maximum absolute atomic E-state index is 13.1. The minimum atomic E-state index is -0.472. The third-order valence-electron chi connectivity index (χ3n) is 5.27. The molecule has 0 saturated carbocycles. The first-order valence-electron chi connectivity index (χ1n) is 9.04. The molecule has 1 fully saturated rings. The fourth-order valence-electron chi connectivity index (χ4n) is 3.83. The van der Waals surface area contributed by atoms with Crippen LogP contribution >= 0.6 is 11.3 Å². The molecule has 3 aromatic heterocycles. The molecule has 9 heteroatoms. The number of rotatable bonds is 2. The van der Waals surface area contributed by atoms with Crippen molar-refractivity contribution in [3.05, 3.63) is 34.4 Å². The summed E-state index contributed by atoms with van der Waals surface area (Å²) in [7, 11) is 1.86. The van der Waals surface area contributed by atoms with E-state index >= 15 is 0 Å². The van der Waals surface area contributed by atoms with Crippen molar-refractivity contribution in [3.8, 4) is 0 Å². The average molecular weight is 384 g/mol. The molecule has 140 valence electrons. The fourth-order valence-corrected chi connectivity index (χ4v) is 4.72. The quantitative estimate of drug-likeness (QED) is 0.661. The lowest BCUT2D eigenvalue weighted by atomic mass is 10.1. The third-order valence-corrected chi connectivity index (χ3v) is 6.29. The van der Waals surface area contributed by atoms with Gasteiger partial charge in [0.2, 0.25) is 0 Å². The summed E-state index contributed by atoms with van der Waals surface area (Å²) >= 11 is 1.78. The number of hydrogen-bond acceptors (Lipinski definition) is 7. The molecule has 1 amide bonds. The van der Waals surface area contributed by atoms with Gasteiger partial charge in [-0.1, -0.05) is 0 Å². The van der Waals surface area contributed by atoms with E-state index in [2.05, 4.69) is 31.4 Å². The molecule has 2 aliphatic rings. The summed E-state index contributed by atoms with van der Waals surface area (Å²) in [5.74, 6) is 0.876. The van der Waals surface area contributed by atoms with Gasteiger partial charge >= 0.3 is 0 Å². The van der Waals surface area contributed by atoms with Crippen molar-refractivity contribution in [1.29, 1.82) is 0 Å². The molecule has 3 aromatic rings. The van der Waals surface area contributed by atoms with Crippen LogP contribution in [0.4, 0.5) is 5.82 Å². The zero-order valence-corrected chi connectivity index (χ0v) is 15.9. The minimum absolute atomic E-state index is 0.0630. The lowest BCUT2D eigenvalue weighted by molar-refractivity contribution is -0.145. The Morgan fingerprint density at radius 3 is 3.19 bits per heavy atom. The molecule has 27 heavy (non-hydrogen) atoms. The van der Waals surface area contributed by atoms with Gasteiger partial charge in [0, 0.05) is 31.6 Å². The molecule has 0 aliphatic carbocycles. The van der Waals surface area contributed by atoms with E-state index in [1.54, 1.807) is 28.5 Å². The number of nitrogens with zero attached hydrogens (tertiary/aromatic N) is 6.